The van der Waals surface area contributed by atoms with Crippen LogP contribution in [0.25, 0.3) is 0 Å². The first kappa shape index (κ1) is 11.6. The van der Waals surface area contributed by atoms with Crippen LogP contribution >= 0.6 is 15.9 Å². The number of hydrogen-bond acceptors (Lipinski definition) is 2. The van der Waals surface area contributed by atoms with Crippen LogP contribution in [0.5, 0.6) is 0 Å². The second kappa shape index (κ2) is 4.17. The molecular formula is C12H15BrN2O. The molecule has 3 nitrogen and oxygen atoms in total. The number of aromatic nitrogens is 1. The van der Waals surface area contributed by atoms with Crippen molar-refractivity contribution in [3.8, 4) is 0 Å². The van der Waals surface area contributed by atoms with Gasteiger partial charge in [-0.3, -0.25) is 4.79 Å². The smallest absolute Gasteiger partial charge is 0.271 e. The average molecular weight is 283 g/mol. The van der Waals surface area contributed by atoms with Crippen LogP contribution in [0, 0.1) is 5.92 Å². The molecule has 16 heavy (non-hydrogen) atoms. The van der Waals surface area contributed by atoms with E-state index in [0.29, 0.717) is 11.6 Å². The molecule has 1 aliphatic rings. The third kappa shape index (κ3) is 2.43. The van der Waals surface area contributed by atoms with Gasteiger partial charge >= 0.3 is 0 Å². The lowest BCUT2D eigenvalue weighted by Crippen LogP contribution is -2.45. The van der Waals surface area contributed by atoms with Crippen LogP contribution in [0.4, 0.5) is 0 Å². The van der Waals surface area contributed by atoms with Gasteiger partial charge in [-0.15, -0.1) is 0 Å². The van der Waals surface area contributed by atoms with E-state index in [9.17, 15) is 4.79 Å². The number of rotatable bonds is 3. The van der Waals surface area contributed by atoms with Crippen LogP contribution in [0.15, 0.2) is 22.8 Å². The summed E-state index contributed by atoms with van der Waals surface area (Å²) in [7, 11) is 0. The summed E-state index contributed by atoms with van der Waals surface area (Å²) in [6, 6.07) is 3.62. The summed E-state index contributed by atoms with van der Waals surface area (Å²) in [5.74, 6) is 0.503. The Balaban J connectivity index is 2.11. The summed E-state index contributed by atoms with van der Waals surface area (Å²) in [4.78, 5) is 16.1. The van der Waals surface area contributed by atoms with Crippen molar-refractivity contribution in [3.05, 3.63) is 28.5 Å². The zero-order valence-electron chi connectivity index (χ0n) is 9.46. The average Bonchev–Trinajstić information content (AvgIpc) is 3.00. The van der Waals surface area contributed by atoms with E-state index in [1.165, 1.54) is 12.8 Å². The van der Waals surface area contributed by atoms with Crippen LogP contribution in [-0.4, -0.2) is 16.4 Å². The Labute approximate surface area is 104 Å². The Morgan fingerprint density at radius 3 is 2.81 bits per heavy atom. The van der Waals surface area contributed by atoms with E-state index < -0.39 is 0 Å². The number of hydrogen-bond donors (Lipinski definition) is 1. The van der Waals surface area contributed by atoms with E-state index in [2.05, 4.69) is 40.1 Å². The summed E-state index contributed by atoms with van der Waals surface area (Å²) in [5.41, 5.74) is 0.324. The highest BCUT2D eigenvalue weighted by molar-refractivity contribution is 9.10. The van der Waals surface area contributed by atoms with Crippen molar-refractivity contribution in [2.75, 3.05) is 0 Å². The van der Waals surface area contributed by atoms with Gasteiger partial charge in [0.25, 0.3) is 5.91 Å². The molecule has 0 unspecified atom stereocenters. The maximum absolute atomic E-state index is 12.0. The molecule has 4 heteroatoms. The molecule has 0 aromatic carbocycles. The minimum atomic E-state index is -0.131. The number of halogens is 1. The van der Waals surface area contributed by atoms with Gasteiger partial charge in [-0.05, 0) is 60.7 Å². The quantitative estimate of drug-likeness (QED) is 0.926. The Morgan fingerprint density at radius 1 is 1.56 bits per heavy atom. The van der Waals surface area contributed by atoms with Crippen molar-refractivity contribution in [1.82, 2.24) is 10.3 Å². The van der Waals surface area contributed by atoms with Gasteiger partial charge in [0.15, 0.2) is 0 Å². The summed E-state index contributed by atoms with van der Waals surface area (Å²) in [5, 5.41) is 3.04. The molecule has 0 aliphatic heterocycles. The topological polar surface area (TPSA) is 42.0 Å². The fourth-order valence-electron chi connectivity index (χ4n) is 1.81. The number of nitrogens with zero attached hydrogens (tertiary/aromatic N) is 1. The summed E-state index contributed by atoms with van der Waals surface area (Å²) < 4.78 is 0.735. The number of carbonyl (C=O) groups is 1. The molecule has 1 N–H and O–H groups in total. The van der Waals surface area contributed by atoms with Gasteiger partial charge < -0.3 is 5.32 Å². The normalized spacial score (nSPS) is 15.9. The molecule has 86 valence electrons. The van der Waals surface area contributed by atoms with Gasteiger partial charge in [0.1, 0.15) is 5.69 Å². The van der Waals surface area contributed by atoms with Gasteiger partial charge in [-0.25, -0.2) is 4.98 Å². The zero-order valence-corrected chi connectivity index (χ0v) is 11.0. The van der Waals surface area contributed by atoms with E-state index in [-0.39, 0.29) is 11.4 Å². The molecular weight excluding hydrogens is 268 g/mol. The van der Waals surface area contributed by atoms with E-state index >= 15 is 0 Å². The minimum Gasteiger partial charge on any atom is -0.346 e. The van der Waals surface area contributed by atoms with E-state index in [4.69, 9.17) is 0 Å². The highest BCUT2D eigenvalue weighted by Crippen LogP contribution is 2.39. The highest BCUT2D eigenvalue weighted by Gasteiger charge is 2.39. The first-order valence-corrected chi connectivity index (χ1v) is 6.23. The Hall–Kier alpha value is -0.900. The summed E-state index contributed by atoms with van der Waals surface area (Å²) >= 11 is 3.33. The molecule has 1 aromatic heterocycles. The lowest BCUT2D eigenvalue weighted by molar-refractivity contribution is 0.0897. The largest absolute Gasteiger partial charge is 0.346 e. The fraction of sp³-hybridized carbons (Fsp3) is 0.500. The van der Waals surface area contributed by atoms with E-state index in [0.717, 1.165) is 4.47 Å². The second-order valence-electron chi connectivity index (χ2n) is 4.78. The molecule has 0 saturated heterocycles. The molecule has 1 aliphatic carbocycles. The van der Waals surface area contributed by atoms with Crippen molar-refractivity contribution >= 4 is 21.8 Å². The first-order chi connectivity index (χ1) is 7.50. The highest BCUT2D eigenvalue weighted by atomic mass is 79.9. The molecule has 2 rings (SSSR count). The molecule has 0 radical (unpaired) electrons. The van der Waals surface area contributed by atoms with Crippen LogP contribution in [0.2, 0.25) is 0 Å². The van der Waals surface area contributed by atoms with Crippen molar-refractivity contribution in [1.29, 1.82) is 0 Å². The Kier molecular flexibility index (Phi) is 3.02. The van der Waals surface area contributed by atoms with Crippen LogP contribution in [-0.2, 0) is 0 Å². The summed E-state index contributed by atoms with van der Waals surface area (Å²) in [6.07, 6.45) is 4.04. The van der Waals surface area contributed by atoms with Crippen molar-refractivity contribution < 1.29 is 4.79 Å². The number of nitrogens with one attached hydrogen (secondary N) is 1. The predicted molar refractivity (Wildman–Crippen MR) is 66.2 cm³/mol. The SMILES string of the molecule is CC(C)(NC(=O)c1ncccc1Br)C1CC1. The minimum absolute atomic E-state index is 0.107. The molecule has 1 aromatic rings. The van der Waals surface area contributed by atoms with Gasteiger partial charge in [-0.1, -0.05) is 0 Å². The third-order valence-corrected chi connectivity index (χ3v) is 3.65. The van der Waals surface area contributed by atoms with Crippen LogP contribution < -0.4 is 5.32 Å². The fourth-order valence-corrected chi connectivity index (χ4v) is 2.25. The second-order valence-corrected chi connectivity index (χ2v) is 5.64. The summed E-state index contributed by atoms with van der Waals surface area (Å²) in [6.45, 7) is 4.14. The van der Waals surface area contributed by atoms with Crippen molar-refractivity contribution in [2.24, 2.45) is 5.92 Å². The monoisotopic (exact) mass is 282 g/mol. The van der Waals surface area contributed by atoms with Crippen molar-refractivity contribution in [2.45, 2.75) is 32.2 Å². The molecule has 0 atom stereocenters. The van der Waals surface area contributed by atoms with Gasteiger partial charge in [0.05, 0.1) is 0 Å². The van der Waals surface area contributed by atoms with E-state index in [1.807, 2.05) is 6.07 Å². The van der Waals surface area contributed by atoms with Crippen molar-refractivity contribution in [3.63, 3.8) is 0 Å². The molecule has 0 bridgehead atoms. The maximum Gasteiger partial charge on any atom is 0.271 e. The van der Waals surface area contributed by atoms with Crippen LogP contribution in [0.1, 0.15) is 37.2 Å². The number of pyridine rings is 1. The molecule has 1 amide bonds. The molecule has 0 spiro atoms. The molecule has 1 saturated carbocycles. The lowest BCUT2D eigenvalue weighted by atomic mass is 9.98. The predicted octanol–water partition coefficient (Wildman–Crippen LogP) is 2.76. The maximum atomic E-state index is 12.0. The molecule has 1 fully saturated rings. The molecule has 1 heterocycles. The lowest BCUT2D eigenvalue weighted by Gasteiger charge is -2.26. The zero-order chi connectivity index (χ0) is 11.8. The Morgan fingerprint density at radius 2 is 2.25 bits per heavy atom. The number of amides is 1. The first-order valence-electron chi connectivity index (χ1n) is 5.44. The third-order valence-electron chi connectivity index (χ3n) is 3.01. The van der Waals surface area contributed by atoms with Crippen LogP contribution in [0.3, 0.4) is 0 Å². The van der Waals surface area contributed by atoms with Gasteiger partial charge in [-0.2, -0.15) is 0 Å². The number of carbonyl (C=O) groups excluding carboxylic acids is 1. The standard InChI is InChI=1S/C12H15BrN2O/c1-12(2,8-5-6-8)15-11(16)10-9(13)4-3-7-14-10/h3-4,7-8H,5-6H2,1-2H3,(H,15,16). The van der Waals surface area contributed by atoms with Gasteiger partial charge in [0.2, 0.25) is 0 Å². The Bertz CT molecular complexity index is 413. The van der Waals surface area contributed by atoms with Gasteiger partial charge in [0, 0.05) is 16.2 Å². The van der Waals surface area contributed by atoms with E-state index in [1.54, 1.807) is 12.3 Å².